The maximum atomic E-state index is 13.4. The molecule has 0 aliphatic rings. The number of aromatic amines is 1. The summed E-state index contributed by atoms with van der Waals surface area (Å²) in [7, 11) is 0. The molecule has 142 valence electrons. The second-order valence-electron chi connectivity index (χ2n) is 5.86. The number of nitrogens with one attached hydrogen (secondary N) is 2. The van der Waals surface area contributed by atoms with Gasteiger partial charge in [0, 0.05) is 29.8 Å². The minimum absolute atomic E-state index is 0.0538. The van der Waals surface area contributed by atoms with Gasteiger partial charge in [0.05, 0.1) is 16.8 Å². The largest absolute Gasteiger partial charge is 0.416 e. The topological polar surface area (TPSA) is 65.1 Å². The molecule has 0 aliphatic heterocycles. The second kappa shape index (κ2) is 6.99. The van der Waals surface area contributed by atoms with Crippen LogP contribution < -0.4 is 5.32 Å². The molecule has 0 saturated carbocycles. The number of anilines is 1. The third-order valence-corrected chi connectivity index (χ3v) is 3.95. The van der Waals surface area contributed by atoms with Crippen molar-refractivity contribution in [2.75, 3.05) is 11.9 Å². The number of aliphatic hydroxyl groups excluding tert-OH is 1. The van der Waals surface area contributed by atoms with Gasteiger partial charge in [0.15, 0.2) is 11.6 Å². The number of fused-ring (bicyclic) bond motifs is 1. The lowest BCUT2D eigenvalue weighted by Gasteiger charge is -2.12. The Bertz CT molecular complexity index is 1010. The molecule has 3 rings (SSSR count). The minimum atomic E-state index is -4.66. The average molecular weight is 384 g/mol. The van der Waals surface area contributed by atoms with E-state index in [0.29, 0.717) is 6.07 Å². The predicted molar refractivity (Wildman–Crippen MR) is 88.4 cm³/mol. The Balaban J connectivity index is 1.96. The van der Waals surface area contributed by atoms with Crippen molar-refractivity contribution in [3.05, 3.63) is 64.9 Å². The van der Waals surface area contributed by atoms with Crippen molar-refractivity contribution in [3.63, 3.8) is 0 Å². The van der Waals surface area contributed by atoms with Gasteiger partial charge in [-0.25, -0.2) is 8.78 Å². The highest BCUT2D eigenvalue weighted by Gasteiger charge is 2.31. The van der Waals surface area contributed by atoms with E-state index < -0.39 is 29.3 Å². The van der Waals surface area contributed by atoms with E-state index in [1.807, 2.05) is 0 Å². The summed E-state index contributed by atoms with van der Waals surface area (Å²) in [6.45, 7) is -0.379. The molecule has 1 heterocycles. The van der Waals surface area contributed by atoms with Crippen LogP contribution >= 0.6 is 0 Å². The molecule has 0 saturated heterocycles. The van der Waals surface area contributed by atoms with Gasteiger partial charge in [0.25, 0.3) is 5.91 Å². The van der Waals surface area contributed by atoms with Crippen LogP contribution in [-0.4, -0.2) is 22.6 Å². The summed E-state index contributed by atoms with van der Waals surface area (Å²) in [4.78, 5) is 15.1. The van der Waals surface area contributed by atoms with Gasteiger partial charge in [-0.15, -0.1) is 0 Å². The zero-order valence-electron chi connectivity index (χ0n) is 13.6. The number of H-pyrrole nitrogens is 1. The van der Waals surface area contributed by atoms with Crippen molar-refractivity contribution in [2.24, 2.45) is 0 Å². The fraction of sp³-hybridized carbons (Fsp3) is 0.167. The number of amides is 1. The van der Waals surface area contributed by atoms with Gasteiger partial charge in [-0.05, 0) is 36.2 Å². The number of hydrogen-bond acceptors (Lipinski definition) is 2. The molecule has 27 heavy (non-hydrogen) atoms. The van der Waals surface area contributed by atoms with Crippen molar-refractivity contribution < 1.29 is 31.9 Å². The Labute approximate surface area is 149 Å². The van der Waals surface area contributed by atoms with Crippen LogP contribution in [0.2, 0.25) is 0 Å². The number of halogens is 5. The second-order valence-corrected chi connectivity index (χ2v) is 5.86. The van der Waals surface area contributed by atoms with Gasteiger partial charge in [0.2, 0.25) is 0 Å². The fourth-order valence-electron chi connectivity index (χ4n) is 2.67. The number of carbonyl (C=O) groups excluding carboxylic acids is 1. The Morgan fingerprint density at radius 3 is 2.44 bits per heavy atom. The van der Waals surface area contributed by atoms with E-state index in [9.17, 15) is 26.7 Å². The molecule has 0 aliphatic carbocycles. The molecule has 2 aromatic carbocycles. The lowest BCUT2D eigenvalue weighted by molar-refractivity contribution is -0.137. The van der Waals surface area contributed by atoms with Gasteiger partial charge in [0.1, 0.15) is 0 Å². The van der Waals surface area contributed by atoms with Crippen molar-refractivity contribution in [3.8, 4) is 0 Å². The van der Waals surface area contributed by atoms with E-state index in [1.54, 1.807) is 0 Å². The van der Waals surface area contributed by atoms with Crippen molar-refractivity contribution in [1.29, 1.82) is 0 Å². The number of alkyl halides is 3. The van der Waals surface area contributed by atoms with E-state index in [4.69, 9.17) is 5.11 Å². The molecule has 1 amide bonds. The first kappa shape index (κ1) is 18.8. The van der Waals surface area contributed by atoms with Crippen LogP contribution in [0, 0.1) is 11.6 Å². The van der Waals surface area contributed by atoms with Gasteiger partial charge in [-0.2, -0.15) is 13.2 Å². The number of aromatic nitrogens is 1. The van der Waals surface area contributed by atoms with Gasteiger partial charge >= 0.3 is 6.18 Å². The third kappa shape index (κ3) is 3.92. The number of benzene rings is 2. The quantitative estimate of drug-likeness (QED) is 0.589. The fourth-order valence-corrected chi connectivity index (χ4v) is 2.67. The Hall–Kier alpha value is -2.94. The lowest BCUT2D eigenvalue weighted by Crippen LogP contribution is -2.15. The van der Waals surface area contributed by atoms with Crippen LogP contribution in [0.15, 0.2) is 36.5 Å². The first-order valence-electron chi connectivity index (χ1n) is 7.78. The molecule has 1 aromatic heterocycles. The van der Waals surface area contributed by atoms with Crippen LogP contribution in [0.5, 0.6) is 0 Å². The van der Waals surface area contributed by atoms with Crippen LogP contribution in [0.3, 0.4) is 0 Å². The first-order chi connectivity index (χ1) is 12.7. The molecule has 0 spiro atoms. The minimum Gasteiger partial charge on any atom is -0.396 e. The standard InChI is InChI=1S/C18H13F5N2O2/c19-13-6-12-15(7-14(13)20)24-8-16(12)25-17(27)10-3-9(1-2-26)4-11(5-10)18(21,22)23/h3-8,24,26H,1-2H2,(H,25,27). The molecule has 0 atom stereocenters. The predicted octanol–water partition coefficient (Wildman–Crippen LogP) is 4.25. The highest BCUT2D eigenvalue weighted by Crippen LogP contribution is 2.31. The third-order valence-electron chi connectivity index (χ3n) is 3.95. The molecule has 0 unspecified atom stereocenters. The molecule has 0 fully saturated rings. The first-order valence-corrected chi connectivity index (χ1v) is 7.78. The number of aliphatic hydroxyl groups is 1. The highest BCUT2D eigenvalue weighted by molar-refractivity contribution is 6.09. The average Bonchev–Trinajstić information content (AvgIpc) is 2.96. The lowest BCUT2D eigenvalue weighted by atomic mass is 10.0. The maximum Gasteiger partial charge on any atom is 0.416 e. The maximum absolute atomic E-state index is 13.4. The molecule has 9 heteroatoms. The molecular weight excluding hydrogens is 371 g/mol. The SMILES string of the molecule is O=C(Nc1c[nH]c2cc(F)c(F)cc12)c1cc(CCO)cc(C(F)(F)F)c1. The zero-order chi connectivity index (χ0) is 19.8. The number of rotatable bonds is 4. The summed E-state index contributed by atoms with van der Waals surface area (Å²) < 4.78 is 65.8. The van der Waals surface area contributed by atoms with E-state index in [1.165, 1.54) is 12.3 Å². The van der Waals surface area contributed by atoms with E-state index >= 15 is 0 Å². The van der Waals surface area contributed by atoms with E-state index in [2.05, 4.69) is 10.3 Å². The summed E-state index contributed by atoms with van der Waals surface area (Å²) in [5.74, 6) is -3.05. The molecule has 0 radical (unpaired) electrons. The van der Waals surface area contributed by atoms with Crippen molar-refractivity contribution in [2.45, 2.75) is 12.6 Å². The molecule has 3 aromatic rings. The van der Waals surface area contributed by atoms with Gasteiger partial charge < -0.3 is 15.4 Å². The summed E-state index contributed by atoms with van der Waals surface area (Å²) in [5.41, 5.74) is -0.843. The van der Waals surface area contributed by atoms with Gasteiger partial charge in [-0.3, -0.25) is 4.79 Å². The van der Waals surface area contributed by atoms with E-state index in [-0.39, 0.29) is 40.7 Å². The Morgan fingerprint density at radius 2 is 1.78 bits per heavy atom. The number of carbonyl (C=O) groups is 1. The molecule has 0 bridgehead atoms. The zero-order valence-corrected chi connectivity index (χ0v) is 13.6. The monoisotopic (exact) mass is 384 g/mol. The van der Waals surface area contributed by atoms with Crippen LogP contribution in [-0.2, 0) is 12.6 Å². The molecular formula is C18H13F5N2O2. The molecule has 4 nitrogen and oxygen atoms in total. The highest BCUT2D eigenvalue weighted by atomic mass is 19.4. The Kier molecular flexibility index (Phi) is 4.88. The summed E-state index contributed by atoms with van der Waals surface area (Å²) >= 11 is 0. The van der Waals surface area contributed by atoms with Crippen molar-refractivity contribution in [1.82, 2.24) is 4.98 Å². The van der Waals surface area contributed by atoms with E-state index in [0.717, 1.165) is 18.2 Å². The smallest absolute Gasteiger partial charge is 0.396 e. The van der Waals surface area contributed by atoms with Crippen LogP contribution in [0.25, 0.3) is 10.9 Å². The van der Waals surface area contributed by atoms with Crippen molar-refractivity contribution >= 4 is 22.5 Å². The molecule has 3 N–H and O–H groups in total. The summed E-state index contributed by atoms with van der Waals surface area (Å²) in [6, 6.07) is 4.56. The summed E-state index contributed by atoms with van der Waals surface area (Å²) in [5, 5.41) is 11.5. The van der Waals surface area contributed by atoms with Gasteiger partial charge in [-0.1, -0.05) is 0 Å². The Morgan fingerprint density at radius 1 is 1.07 bits per heavy atom. The number of hydrogen-bond donors (Lipinski definition) is 3. The normalized spacial score (nSPS) is 11.8. The summed E-state index contributed by atoms with van der Waals surface area (Å²) in [6.07, 6.45) is -3.44. The van der Waals surface area contributed by atoms with Crippen LogP contribution in [0.4, 0.5) is 27.6 Å². The van der Waals surface area contributed by atoms with Crippen LogP contribution in [0.1, 0.15) is 21.5 Å².